The summed E-state index contributed by atoms with van der Waals surface area (Å²) >= 11 is 0. The highest BCUT2D eigenvalue weighted by molar-refractivity contribution is 5.68. The number of hydrogen-bond donors (Lipinski definition) is 3. The number of ether oxygens (including phenoxy) is 8. The average Bonchev–Trinajstić information content (AvgIpc) is 2.78. The second-order valence-electron chi connectivity index (χ2n) is 8.11. The van der Waals surface area contributed by atoms with Crippen LogP contribution in [0, 0.1) is 0 Å². The quantitative estimate of drug-likeness (QED) is 0.211. The first-order chi connectivity index (χ1) is 16.9. The van der Waals surface area contributed by atoms with Gasteiger partial charge in [0, 0.05) is 34.8 Å². The molecule has 2 aliphatic heterocycles. The van der Waals surface area contributed by atoms with Crippen molar-refractivity contribution in [3.05, 3.63) is 0 Å². The molecule has 36 heavy (non-hydrogen) atoms. The maximum absolute atomic E-state index is 11.9. The molecule has 2 heterocycles. The summed E-state index contributed by atoms with van der Waals surface area (Å²) in [6.07, 6.45) is -14.7. The van der Waals surface area contributed by atoms with Gasteiger partial charge in [0.15, 0.2) is 30.9 Å². The molecule has 2 aliphatic rings. The van der Waals surface area contributed by atoms with Gasteiger partial charge in [-0.05, 0) is 0 Å². The van der Waals surface area contributed by atoms with Crippen molar-refractivity contribution < 1.29 is 72.4 Å². The van der Waals surface area contributed by atoms with Gasteiger partial charge < -0.3 is 53.2 Å². The van der Waals surface area contributed by atoms with Gasteiger partial charge >= 0.3 is 23.9 Å². The Hall–Kier alpha value is -2.40. The van der Waals surface area contributed by atoms with Crippen molar-refractivity contribution in [2.45, 2.75) is 89.1 Å². The fourth-order valence-corrected chi connectivity index (χ4v) is 3.86. The summed E-state index contributed by atoms with van der Waals surface area (Å²) in [5.41, 5.74) is 0. The minimum absolute atomic E-state index is 0.490. The van der Waals surface area contributed by atoms with Crippen molar-refractivity contribution in [2.24, 2.45) is 0 Å². The van der Waals surface area contributed by atoms with Crippen molar-refractivity contribution in [1.29, 1.82) is 0 Å². The first-order valence-corrected chi connectivity index (χ1v) is 11.0. The predicted molar refractivity (Wildman–Crippen MR) is 112 cm³/mol. The Morgan fingerprint density at radius 2 is 1.22 bits per heavy atom. The second-order valence-corrected chi connectivity index (χ2v) is 8.11. The fourth-order valence-electron chi connectivity index (χ4n) is 3.86. The maximum Gasteiger partial charge on any atom is 0.303 e. The molecule has 2 fully saturated rings. The highest BCUT2D eigenvalue weighted by atomic mass is 16.8. The van der Waals surface area contributed by atoms with Crippen LogP contribution in [0.4, 0.5) is 0 Å². The van der Waals surface area contributed by atoms with Crippen molar-refractivity contribution in [2.75, 3.05) is 20.3 Å². The lowest BCUT2D eigenvalue weighted by Crippen LogP contribution is -2.66. The van der Waals surface area contributed by atoms with E-state index in [4.69, 9.17) is 37.9 Å². The Bertz CT molecular complexity index is 771. The SMILES string of the molecule is CO[C@H]1OC(CO)[C@@H](O)C(O[C@H]2OC(COC(C)=O)[C@@H](OC(C)=O)C(OC(C)=O)C2OC(C)=O)C1O. The third kappa shape index (κ3) is 7.55. The lowest BCUT2D eigenvalue weighted by molar-refractivity contribution is -0.359. The Labute approximate surface area is 206 Å². The average molecular weight is 524 g/mol. The van der Waals surface area contributed by atoms with E-state index in [0.717, 1.165) is 27.7 Å². The van der Waals surface area contributed by atoms with Crippen LogP contribution < -0.4 is 0 Å². The predicted octanol–water partition coefficient (Wildman–Crippen LogP) is -2.46. The largest absolute Gasteiger partial charge is 0.463 e. The molecule has 0 radical (unpaired) electrons. The molecule has 2 rings (SSSR count). The number of carbonyl (C=O) groups excluding carboxylic acids is 4. The molecule has 10 atom stereocenters. The van der Waals surface area contributed by atoms with E-state index in [1.54, 1.807) is 0 Å². The van der Waals surface area contributed by atoms with Crippen molar-refractivity contribution in [1.82, 2.24) is 0 Å². The molecular formula is C21H32O15. The topological polar surface area (TPSA) is 203 Å². The van der Waals surface area contributed by atoms with E-state index in [9.17, 15) is 34.5 Å². The Kier molecular flexibility index (Phi) is 11.0. The van der Waals surface area contributed by atoms with E-state index in [2.05, 4.69) is 0 Å². The van der Waals surface area contributed by atoms with Crippen LogP contribution in [0.3, 0.4) is 0 Å². The van der Waals surface area contributed by atoms with E-state index in [-0.39, 0.29) is 0 Å². The molecule has 0 aliphatic carbocycles. The molecular weight excluding hydrogens is 492 g/mol. The van der Waals surface area contributed by atoms with Crippen molar-refractivity contribution >= 4 is 23.9 Å². The number of rotatable bonds is 9. The molecule has 0 aromatic heterocycles. The van der Waals surface area contributed by atoms with Gasteiger partial charge in [0.1, 0.15) is 37.1 Å². The van der Waals surface area contributed by atoms with Crippen LogP contribution >= 0.6 is 0 Å². The first kappa shape index (κ1) is 29.8. The van der Waals surface area contributed by atoms with Crippen LogP contribution in [0.5, 0.6) is 0 Å². The van der Waals surface area contributed by atoms with Gasteiger partial charge in [-0.25, -0.2) is 0 Å². The zero-order chi connectivity index (χ0) is 27.2. The standard InChI is InChI=1S/C21H32O15/c1-8(23)30-7-13-16(31-9(2)24)18(32-10(3)25)19(33-11(4)26)21(35-13)36-17-14(27)12(6-22)34-20(29-5)15(17)28/h12-22,27-28H,6-7H2,1-5H3/t12?,13?,14-,15?,16-,17?,18?,19?,20+,21-/m1/s1. The molecule has 0 aromatic carbocycles. The summed E-state index contributed by atoms with van der Waals surface area (Å²) in [6, 6.07) is 0. The normalized spacial score (nSPS) is 36.4. The second kappa shape index (κ2) is 13.2. The minimum atomic E-state index is -1.66. The van der Waals surface area contributed by atoms with Crippen LogP contribution in [-0.2, 0) is 57.1 Å². The van der Waals surface area contributed by atoms with Gasteiger partial charge in [-0.15, -0.1) is 0 Å². The number of esters is 4. The van der Waals surface area contributed by atoms with Crippen LogP contribution in [0.15, 0.2) is 0 Å². The summed E-state index contributed by atoms with van der Waals surface area (Å²) in [5, 5.41) is 30.8. The highest BCUT2D eigenvalue weighted by Gasteiger charge is 2.55. The van der Waals surface area contributed by atoms with Gasteiger partial charge in [0.25, 0.3) is 0 Å². The van der Waals surface area contributed by atoms with Gasteiger partial charge in [-0.2, -0.15) is 0 Å². The van der Waals surface area contributed by atoms with Crippen molar-refractivity contribution in [3.63, 3.8) is 0 Å². The molecule has 15 nitrogen and oxygen atoms in total. The monoisotopic (exact) mass is 524 g/mol. The maximum atomic E-state index is 11.9. The van der Waals surface area contributed by atoms with Gasteiger partial charge in [0.05, 0.1) is 6.61 Å². The first-order valence-electron chi connectivity index (χ1n) is 11.0. The summed E-state index contributed by atoms with van der Waals surface area (Å²) in [5.74, 6) is -3.20. The van der Waals surface area contributed by atoms with Gasteiger partial charge in [0.2, 0.25) is 0 Å². The molecule has 3 N–H and O–H groups in total. The smallest absolute Gasteiger partial charge is 0.303 e. The Balaban J connectivity index is 2.48. The number of hydrogen-bond acceptors (Lipinski definition) is 15. The summed E-state index contributed by atoms with van der Waals surface area (Å²) in [6.45, 7) is 3.16. The van der Waals surface area contributed by atoms with E-state index in [1.165, 1.54) is 7.11 Å². The molecule has 15 heteroatoms. The fraction of sp³-hybridized carbons (Fsp3) is 0.810. The number of aliphatic hydroxyl groups excluding tert-OH is 3. The van der Waals surface area contributed by atoms with E-state index in [1.807, 2.05) is 0 Å². The molecule has 2 saturated heterocycles. The summed E-state index contributed by atoms with van der Waals surface area (Å²) in [7, 11) is 1.21. The molecule has 0 amide bonds. The van der Waals surface area contributed by atoms with Crippen LogP contribution in [-0.4, -0.2) is 121 Å². The summed E-state index contributed by atoms with van der Waals surface area (Å²) in [4.78, 5) is 47.0. The van der Waals surface area contributed by atoms with Crippen LogP contribution in [0.2, 0.25) is 0 Å². The Morgan fingerprint density at radius 1 is 0.694 bits per heavy atom. The molecule has 206 valence electrons. The molecule has 0 spiro atoms. The molecule has 6 unspecified atom stereocenters. The molecule has 0 aromatic rings. The third-order valence-corrected chi connectivity index (χ3v) is 5.29. The highest BCUT2D eigenvalue weighted by Crippen LogP contribution is 2.33. The number of aliphatic hydroxyl groups is 3. The zero-order valence-corrected chi connectivity index (χ0v) is 20.4. The van der Waals surface area contributed by atoms with Crippen LogP contribution in [0.25, 0.3) is 0 Å². The van der Waals surface area contributed by atoms with E-state index < -0.39 is 98.5 Å². The number of methoxy groups -OCH3 is 1. The lowest BCUT2D eigenvalue weighted by Gasteiger charge is -2.47. The minimum Gasteiger partial charge on any atom is -0.463 e. The van der Waals surface area contributed by atoms with Crippen LogP contribution in [0.1, 0.15) is 27.7 Å². The van der Waals surface area contributed by atoms with E-state index >= 15 is 0 Å². The lowest BCUT2D eigenvalue weighted by atomic mass is 9.96. The molecule has 0 bridgehead atoms. The number of carbonyl (C=O) groups is 4. The van der Waals surface area contributed by atoms with E-state index in [0.29, 0.717) is 0 Å². The third-order valence-electron chi connectivity index (χ3n) is 5.29. The van der Waals surface area contributed by atoms with Gasteiger partial charge in [-0.3, -0.25) is 19.2 Å². The zero-order valence-electron chi connectivity index (χ0n) is 20.4. The summed E-state index contributed by atoms with van der Waals surface area (Å²) < 4.78 is 42.7. The van der Waals surface area contributed by atoms with Gasteiger partial charge in [-0.1, -0.05) is 0 Å². The molecule has 0 saturated carbocycles. The Morgan fingerprint density at radius 3 is 1.72 bits per heavy atom. The van der Waals surface area contributed by atoms with Crippen molar-refractivity contribution in [3.8, 4) is 0 Å².